The topological polar surface area (TPSA) is 125 Å². The SMILES string of the molecule is CC(=O)c1cccc(NC(=O)/C(C#N)=C\Nc2cccc([N+](=O)[O-])c2)c1. The zero-order valence-electron chi connectivity index (χ0n) is 13.7. The third-order valence-electron chi connectivity index (χ3n) is 3.33. The summed E-state index contributed by atoms with van der Waals surface area (Å²) in [6.45, 7) is 1.41. The summed E-state index contributed by atoms with van der Waals surface area (Å²) in [5.74, 6) is -0.824. The zero-order valence-corrected chi connectivity index (χ0v) is 13.7. The Bertz CT molecular complexity index is 944. The van der Waals surface area contributed by atoms with E-state index in [0.29, 0.717) is 16.9 Å². The molecule has 0 aliphatic rings. The van der Waals surface area contributed by atoms with Gasteiger partial charge in [-0.3, -0.25) is 19.7 Å². The van der Waals surface area contributed by atoms with Gasteiger partial charge in [0.1, 0.15) is 11.6 Å². The molecule has 0 atom stereocenters. The molecule has 8 nitrogen and oxygen atoms in total. The van der Waals surface area contributed by atoms with Crippen LogP contribution in [0.1, 0.15) is 17.3 Å². The number of ketones is 1. The van der Waals surface area contributed by atoms with E-state index in [-0.39, 0.29) is 17.0 Å². The molecule has 2 aromatic carbocycles. The Morgan fingerprint density at radius 3 is 2.50 bits per heavy atom. The molecule has 2 aromatic rings. The molecule has 0 aliphatic carbocycles. The summed E-state index contributed by atoms with van der Waals surface area (Å²) in [6.07, 6.45) is 1.16. The molecule has 0 saturated carbocycles. The Morgan fingerprint density at radius 2 is 1.85 bits per heavy atom. The van der Waals surface area contributed by atoms with Gasteiger partial charge >= 0.3 is 0 Å². The van der Waals surface area contributed by atoms with Crippen LogP contribution in [0.5, 0.6) is 0 Å². The monoisotopic (exact) mass is 350 g/mol. The lowest BCUT2D eigenvalue weighted by Crippen LogP contribution is -2.14. The van der Waals surface area contributed by atoms with E-state index < -0.39 is 10.8 Å². The Morgan fingerprint density at radius 1 is 1.15 bits per heavy atom. The third-order valence-corrected chi connectivity index (χ3v) is 3.33. The van der Waals surface area contributed by atoms with Crippen LogP contribution in [0.4, 0.5) is 17.1 Å². The Labute approximate surface area is 148 Å². The molecule has 0 aliphatic heterocycles. The molecule has 8 heteroatoms. The van der Waals surface area contributed by atoms with Gasteiger partial charge in [-0.2, -0.15) is 5.26 Å². The summed E-state index contributed by atoms with van der Waals surface area (Å²) in [7, 11) is 0. The summed E-state index contributed by atoms with van der Waals surface area (Å²) < 4.78 is 0. The van der Waals surface area contributed by atoms with Crippen LogP contribution in [0.15, 0.2) is 60.3 Å². The highest BCUT2D eigenvalue weighted by Crippen LogP contribution is 2.17. The largest absolute Gasteiger partial charge is 0.360 e. The standard InChI is InChI=1S/C18H14N4O4/c1-12(23)13-4-2-6-16(8-13)21-18(24)14(10-19)11-20-15-5-3-7-17(9-15)22(25)26/h2-9,11,20H,1H3,(H,21,24)/b14-11-. The number of hydrogen-bond acceptors (Lipinski definition) is 6. The van der Waals surface area contributed by atoms with Crippen LogP contribution in [0, 0.1) is 21.4 Å². The number of carbonyl (C=O) groups is 2. The molecule has 0 bridgehead atoms. The molecule has 1 amide bonds. The van der Waals surface area contributed by atoms with Gasteiger partial charge in [-0.15, -0.1) is 0 Å². The van der Waals surface area contributed by atoms with E-state index >= 15 is 0 Å². The van der Waals surface area contributed by atoms with Gasteiger partial charge in [-0.1, -0.05) is 18.2 Å². The fourth-order valence-electron chi connectivity index (χ4n) is 2.03. The van der Waals surface area contributed by atoms with E-state index in [1.54, 1.807) is 30.3 Å². The number of nitrogens with one attached hydrogen (secondary N) is 2. The van der Waals surface area contributed by atoms with Gasteiger partial charge in [0.05, 0.1) is 4.92 Å². The van der Waals surface area contributed by atoms with E-state index in [1.807, 2.05) is 0 Å². The molecule has 0 heterocycles. The molecule has 0 saturated heterocycles. The molecular weight excluding hydrogens is 336 g/mol. The first-order valence-corrected chi connectivity index (χ1v) is 7.44. The molecule has 2 rings (SSSR count). The van der Waals surface area contributed by atoms with Crippen molar-refractivity contribution >= 4 is 28.8 Å². The van der Waals surface area contributed by atoms with Crippen LogP contribution in [0.25, 0.3) is 0 Å². The fourth-order valence-corrected chi connectivity index (χ4v) is 2.03. The van der Waals surface area contributed by atoms with Gasteiger partial charge in [-0.05, 0) is 25.1 Å². The number of benzene rings is 2. The van der Waals surface area contributed by atoms with Crippen molar-refractivity contribution in [3.8, 4) is 6.07 Å². The number of Topliss-reactive ketones (excluding diaryl/α,β-unsaturated/α-hetero) is 1. The van der Waals surface area contributed by atoms with Crippen molar-refractivity contribution in [1.82, 2.24) is 0 Å². The molecule has 0 spiro atoms. The quantitative estimate of drug-likeness (QED) is 0.271. The van der Waals surface area contributed by atoms with Crippen LogP contribution in [-0.2, 0) is 4.79 Å². The van der Waals surface area contributed by atoms with Crippen molar-refractivity contribution in [3.63, 3.8) is 0 Å². The molecular formula is C18H14N4O4. The normalized spacial score (nSPS) is 10.5. The minimum atomic E-state index is -0.675. The zero-order chi connectivity index (χ0) is 19.1. The number of nitriles is 1. The van der Waals surface area contributed by atoms with E-state index in [4.69, 9.17) is 5.26 Å². The summed E-state index contributed by atoms with van der Waals surface area (Å²) in [5, 5.41) is 25.1. The second kappa shape index (κ2) is 8.21. The van der Waals surface area contributed by atoms with Crippen LogP contribution in [0.2, 0.25) is 0 Å². The highest BCUT2D eigenvalue weighted by Gasteiger charge is 2.11. The van der Waals surface area contributed by atoms with Crippen molar-refractivity contribution in [1.29, 1.82) is 5.26 Å². The van der Waals surface area contributed by atoms with Crippen LogP contribution in [0.3, 0.4) is 0 Å². The average Bonchev–Trinajstić information content (AvgIpc) is 2.62. The predicted molar refractivity (Wildman–Crippen MR) is 95.5 cm³/mol. The first-order chi connectivity index (χ1) is 12.4. The number of hydrogen-bond donors (Lipinski definition) is 2. The number of nitro groups is 1. The number of non-ortho nitro benzene ring substituents is 1. The van der Waals surface area contributed by atoms with Crippen molar-refractivity contribution in [2.24, 2.45) is 0 Å². The Hall–Kier alpha value is -3.99. The molecule has 0 fully saturated rings. The van der Waals surface area contributed by atoms with Crippen LogP contribution >= 0.6 is 0 Å². The highest BCUT2D eigenvalue weighted by atomic mass is 16.6. The molecule has 2 N–H and O–H groups in total. The number of anilines is 2. The molecule has 0 unspecified atom stereocenters. The van der Waals surface area contributed by atoms with Gasteiger partial charge in [0.2, 0.25) is 0 Å². The second-order valence-electron chi connectivity index (χ2n) is 5.21. The van der Waals surface area contributed by atoms with Gasteiger partial charge in [-0.25, -0.2) is 0 Å². The fraction of sp³-hybridized carbons (Fsp3) is 0.0556. The number of amides is 1. The number of rotatable bonds is 6. The number of carbonyl (C=O) groups excluding carboxylic acids is 2. The van der Waals surface area contributed by atoms with Crippen molar-refractivity contribution < 1.29 is 14.5 Å². The number of nitro benzene ring substituents is 1. The maximum absolute atomic E-state index is 12.2. The van der Waals surface area contributed by atoms with Gasteiger partial charge in [0.25, 0.3) is 11.6 Å². The Balaban J connectivity index is 2.13. The summed E-state index contributed by atoms with van der Waals surface area (Å²) >= 11 is 0. The maximum atomic E-state index is 12.2. The molecule has 130 valence electrons. The minimum Gasteiger partial charge on any atom is -0.360 e. The van der Waals surface area contributed by atoms with Crippen LogP contribution < -0.4 is 10.6 Å². The average molecular weight is 350 g/mol. The van der Waals surface area contributed by atoms with Crippen molar-refractivity contribution in [3.05, 3.63) is 76.0 Å². The van der Waals surface area contributed by atoms with Gasteiger partial charge in [0, 0.05) is 35.3 Å². The van der Waals surface area contributed by atoms with Gasteiger partial charge in [0.15, 0.2) is 5.78 Å². The Kier molecular flexibility index (Phi) is 5.79. The lowest BCUT2D eigenvalue weighted by molar-refractivity contribution is -0.384. The van der Waals surface area contributed by atoms with Crippen molar-refractivity contribution in [2.45, 2.75) is 6.92 Å². The summed E-state index contributed by atoms with van der Waals surface area (Å²) in [5.41, 5.74) is 0.815. The molecule has 0 radical (unpaired) electrons. The predicted octanol–water partition coefficient (Wildman–Crippen LogP) is 3.26. The van der Waals surface area contributed by atoms with E-state index in [0.717, 1.165) is 6.20 Å². The lowest BCUT2D eigenvalue weighted by atomic mass is 10.1. The van der Waals surface area contributed by atoms with E-state index in [2.05, 4.69) is 10.6 Å². The van der Waals surface area contributed by atoms with E-state index in [1.165, 1.54) is 31.2 Å². The van der Waals surface area contributed by atoms with Crippen molar-refractivity contribution in [2.75, 3.05) is 10.6 Å². The smallest absolute Gasteiger partial charge is 0.271 e. The first-order valence-electron chi connectivity index (χ1n) is 7.44. The molecule has 0 aromatic heterocycles. The third kappa shape index (κ3) is 4.75. The highest BCUT2D eigenvalue weighted by molar-refractivity contribution is 6.07. The lowest BCUT2D eigenvalue weighted by Gasteiger charge is -2.06. The summed E-state index contributed by atoms with van der Waals surface area (Å²) in [4.78, 5) is 33.8. The first kappa shape index (κ1) is 18.4. The second-order valence-corrected chi connectivity index (χ2v) is 5.21. The molecule has 26 heavy (non-hydrogen) atoms. The van der Waals surface area contributed by atoms with Gasteiger partial charge < -0.3 is 10.6 Å². The minimum absolute atomic E-state index is 0.118. The van der Waals surface area contributed by atoms with E-state index in [9.17, 15) is 19.7 Å². The van der Waals surface area contributed by atoms with Crippen LogP contribution in [-0.4, -0.2) is 16.6 Å². The maximum Gasteiger partial charge on any atom is 0.271 e. The number of nitrogens with zero attached hydrogens (tertiary/aromatic N) is 2. The summed E-state index contributed by atoms with van der Waals surface area (Å²) in [6, 6.07) is 13.7.